The fourth-order valence-electron chi connectivity index (χ4n) is 3.04. The molecule has 1 aliphatic carbocycles. The number of nitrogens with zero attached hydrogens (tertiary/aromatic N) is 4. The Morgan fingerprint density at radius 2 is 2.09 bits per heavy atom. The molecule has 1 aliphatic heterocycles. The van der Waals surface area contributed by atoms with Crippen LogP contribution in [-0.4, -0.2) is 40.1 Å². The smallest absolute Gasteiger partial charge is 0.213 e. The number of ether oxygens (including phenoxy) is 2. The minimum atomic E-state index is 0.464. The highest BCUT2D eigenvalue weighted by Crippen LogP contribution is 2.39. The number of hydrogen-bond acceptors (Lipinski definition) is 6. The Morgan fingerprint density at radius 1 is 1.17 bits per heavy atom. The minimum Gasteiger partial charge on any atom is -0.497 e. The molecule has 23 heavy (non-hydrogen) atoms. The topological polar surface area (TPSA) is 61.5 Å². The van der Waals surface area contributed by atoms with Crippen LogP contribution in [0, 0.1) is 0 Å². The summed E-state index contributed by atoms with van der Waals surface area (Å²) < 4.78 is 12.6. The van der Waals surface area contributed by atoms with Crippen molar-refractivity contribution >= 4 is 17.5 Å². The van der Waals surface area contributed by atoms with Gasteiger partial charge in [-0.3, -0.25) is 0 Å². The molecule has 0 amide bonds. The van der Waals surface area contributed by atoms with E-state index in [9.17, 15) is 0 Å². The third-order valence-electron chi connectivity index (χ3n) is 4.26. The number of hydrogen-bond donors (Lipinski definition) is 0. The number of benzene rings is 1. The molecule has 0 radical (unpaired) electrons. The van der Waals surface area contributed by atoms with Gasteiger partial charge in [0.2, 0.25) is 5.16 Å². The van der Waals surface area contributed by atoms with E-state index in [0.29, 0.717) is 16.8 Å². The first-order valence-electron chi connectivity index (χ1n) is 7.72. The summed E-state index contributed by atoms with van der Waals surface area (Å²) >= 11 is 1.77. The second-order valence-corrected chi connectivity index (χ2v) is 6.80. The van der Waals surface area contributed by atoms with Crippen molar-refractivity contribution in [1.29, 1.82) is 0 Å². The quantitative estimate of drug-likeness (QED) is 0.865. The zero-order valence-electron chi connectivity index (χ0n) is 13.2. The van der Waals surface area contributed by atoms with Gasteiger partial charge in [-0.1, -0.05) is 18.2 Å². The van der Waals surface area contributed by atoms with Gasteiger partial charge in [0.25, 0.3) is 0 Å². The van der Waals surface area contributed by atoms with Crippen LogP contribution in [0.4, 0.5) is 0 Å². The van der Waals surface area contributed by atoms with Crippen LogP contribution in [0.5, 0.6) is 11.5 Å². The normalized spacial score (nSPS) is 19.6. The van der Waals surface area contributed by atoms with Gasteiger partial charge in [0.05, 0.1) is 30.7 Å². The van der Waals surface area contributed by atoms with Gasteiger partial charge in [0.1, 0.15) is 11.5 Å². The van der Waals surface area contributed by atoms with E-state index in [1.807, 2.05) is 22.9 Å². The van der Waals surface area contributed by atoms with Crippen molar-refractivity contribution in [3.8, 4) is 22.9 Å². The molecule has 2 aromatic rings. The lowest BCUT2D eigenvalue weighted by atomic mass is 9.98. The van der Waals surface area contributed by atoms with Crippen molar-refractivity contribution in [3.63, 3.8) is 0 Å². The van der Waals surface area contributed by atoms with Gasteiger partial charge in [-0.05, 0) is 31.4 Å². The molecule has 1 unspecified atom stereocenters. The molecular weight excluding hydrogens is 312 g/mol. The average Bonchev–Trinajstić information content (AvgIpc) is 3.01. The van der Waals surface area contributed by atoms with E-state index in [0.717, 1.165) is 22.9 Å². The molecule has 1 aromatic heterocycles. The third kappa shape index (κ3) is 2.49. The van der Waals surface area contributed by atoms with Crippen LogP contribution in [0.1, 0.15) is 25.7 Å². The molecule has 2 heterocycles. The molecule has 120 valence electrons. The minimum absolute atomic E-state index is 0.464. The Kier molecular flexibility index (Phi) is 3.72. The van der Waals surface area contributed by atoms with Crippen LogP contribution in [0.2, 0.25) is 0 Å². The second-order valence-electron chi connectivity index (χ2n) is 5.63. The maximum Gasteiger partial charge on any atom is 0.213 e. The first-order chi connectivity index (χ1) is 11.3. The van der Waals surface area contributed by atoms with Crippen molar-refractivity contribution in [2.24, 2.45) is 5.10 Å². The Hall–Kier alpha value is -2.02. The van der Waals surface area contributed by atoms with Gasteiger partial charge in [-0.15, -0.1) is 10.2 Å². The second kappa shape index (κ2) is 5.88. The van der Waals surface area contributed by atoms with Crippen molar-refractivity contribution in [2.45, 2.75) is 36.1 Å². The summed E-state index contributed by atoms with van der Waals surface area (Å²) in [6.45, 7) is 0. The van der Waals surface area contributed by atoms with Gasteiger partial charge < -0.3 is 9.47 Å². The van der Waals surface area contributed by atoms with Gasteiger partial charge in [0.15, 0.2) is 5.82 Å². The molecule has 7 heteroatoms. The van der Waals surface area contributed by atoms with E-state index in [1.54, 1.807) is 26.0 Å². The summed E-state index contributed by atoms with van der Waals surface area (Å²) in [5.41, 5.74) is 2.12. The SMILES string of the molecule is COc1ccc(-c2nnc3n2N=C2CCCCC2S3)c(OC)c1. The molecular formula is C16H18N4O2S. The van der Waals surface area contributed by atoms with Crippen molar-refractivity contribution < 1.29 is 9.47 Å². The highest BCUT2D eigenvalue weighted by Gasteiger charge is 2.30. The summed E-state index contributed by atoms with van der Waals surface area (Å²) in [6.07, 6.45) is 4.73. The fourth-order valence-corrected chi connectivity index (χ4v) is 4.20. The summed E-state index contributed by atoms with van der Waals surface area (Å²) in [5.74, 6) is 2.16. The Balaban J connectivity index is 1.79. The van der Waals surface area contributed by atoms with E-state index in [1.165, 1.54) is 25.0 Å². The number of rotatable bonds is 3. The Labute approximate surface area is 138 Å². The van der Waals surface area contributed by atoms with Crippen molar-refractivity contribution in [2.75, 3.05) is 14.2 Å². The predicted molar refractivity (Wildman–Crippen MR) is 89.5 cm³/mol. The van der Waals surface area contributed by atoms with Crippen molar-refractivity contribution in [3.05, 3.63) is 18.2 Å². The van der Waals surface area contributed by atoms with E-state index in [4.69, 9.17) is 14.6 Å². The molecule has 6 nitrogen and oxygen atoms in total. The predicted octanol–water partition coefficient (Wildman–Crippen LogP) is 3.21. The lowest BCUT2D eigenvalue weighted by Crippen LogP contribution is -2.26. The average molecular weight is 330 g/mol. The maximum absolute atomic E-state index is 5.49. The van der Waals surface area contributed by atoms with Crippen LogP contribution in [0.15, 0.2) is 28.5 Å². The lowest BCUT2D eigenvalue weighted by molar-refractivity contribution is 0.395. The fraction of sp³-hybridized carbons (Fsp3) is 0.438. The van der Waals surface area contributed by atoms with Gasteiger partial charge in [-0.2, -0.15) is 9.78 Å². The highest BCUT2D eigenvalue weighted by atomic mass is 32.2. The number of methoxy groups -OCH3 is 2. The standard InChI is InChI=1S/C16H18N4O2S/c1-21-10-7-8-11(13(9-10)22-2)15-17-18-16-20(15)19-12-5-3-4-6-14(12)23-16/h7-9,14H,3-6H2,1-2H3. The molecule has 0 bridgehead atoms. The molecule has 1 fully saturated rings. The summed E-state index contributed by atoms with van der Waals surface area (Å²) in [4.78, 5) is 0. The summed E-state index contributed by atoms with van der Waals surface area (Å²) in [7, 11) is 3.28. The van der Waals surface area contributed by atoms with Crippen LogP contribution >= 0.6 is 11.8 Å². The molecule has 4 rings (SSSR count). The monoisotopic (exact) mass is 330 g/mol. The zero-order chi connectivity index (χ0) is 15.8. The molecule has 0 spiro atoms. The number of thioether (sulfide) groups is 1. The third-order valence-corrected chi connectivity index (χ3v) is 5.52. The van der Waals surface area contributed by atoms with E-state index in [-0.39, 0.29) is 0 Å². The number of fused-ring (bicyclic) bond motifs is 2. The summed E-state index contributed by atoms with van der Waals surface area (Å²) in [5, 5.41) is 14.8. The highest BCUT2D eigenvalue weighted by molar-refractivity contribution is 8.00. The molecule has 2 aliphatic rings. The molecule has 0 N–H and O–H groups in total. The molecule has 1 atom stereocenters. The largest absolute Gasteiger partial charge is 0.497 e. The first-order valence-corrected chi connectivity index (χ1v) is 8.60. The van der Waals surface area contributed by atoms with Crippen LogP contribution in [0.25, 0.3) is 11.4 Å². The van der Waals surface area contributed by atoms with Gasteiger partial charge in [-0.25, -0.2) is 0 Å². The molecule has 1 saturated carbocycles. The lowest BCUT2D eigenvalue weighted by Gasteiger charge is -2.26. The van der Waals surface area contributed by atoms with Crippen LogP contribution in [-0.2, 0) is 0 Å². The maximum atomic E-state index is 5.49. The van der Waals surface area contributed by atoms with Gasteiger partial charge >= 0.3 is 0 Å². The zero-order valence-corrected chi connectivity index (χ0v) is 14.0. The Morgan fingerprint density at radius 3 is 2.91 bits per heavy atom. The van der Waals surface area contributed by atoms with Gasteiger partial charge in [0, 0.05) is 6.07 Å². The van der Waals surface area contributed by atoms with Crippen molar-refractivity contribution in [1.82, 2.24) is 14.9 Å². The van der Waals surface area contributed by atoms with Crippen LogP contribution in [0.3, 0.4) is 0 Å². The van der Waals surface area contributed by atoms with Crippen LogP contribution < -0.4 is 9.47 Å². The Bertz CT molecular complexity index is 771. The first kappa shape index (κ1) is 14.6. The van der Waals surface area contributed by atoms with E-state index >= 15 is 0 Å². The van der Waals surface area contributed by atoms with E-state index < -0.39 is 0 Å². The molecule has 0 saturated heterocycles. The molecule has 1 aromatic carbocycles. The number of aromatic nitrogens is 3. The summed E-state index contributed by atoms with van der Waals surface area (Å²) in [6, 6.07) is 5.68. The van der Waals surface area contributed by atoms with E-state index in [2.05, 4.69) is 10.2 Å².